The number of hydrogen-bond acceptors (Lipinski definition) is 16. The Bertz CT molecular complexity index is 712. The zero-order chi connectivity index (χ0) is 41.2. The molecule has 0 saturated carbocycles. The molecule has 57 heavy (non-hydrogen) atoms. The van der Waals surface area contributed by atoms with Gasteiger partial charge in [0, 0.05) is 66.1 Å². The van der Waals surface area contributed by atoms with E-state index in [1.54, 1.807) is 0 Å². The van der Waals surface area contributed by atoms with E-state index in [1.165, 1.54) is 0 Å². The molecule has 0 saturated heterocycles. The van der Waals surface area contributed by atoms with Gasteiger partial charge in [-0.2, -0.15) is 0 Å². The maximum atomic E-state index is 8.60. The highest BCUT2D eigenvalue weighted by molar-refractivity contribution is 4.54. The maximum absolute atomic E-state index is 8.60. The van der Waals surface area contributed by atoms with E-state index in [0.29, 0.717) is 177 Å². The Morgan fingerprint density at radius 1 is 0.263 bits per heavy atom. The van der Waals surface area contributed by atoms with Gasteiger partial charge in [0.05, 0.1) is 138 Å². The molecule has 0 aromatic rings. The summed E-state index contributed by atoms with van der Waals surface area (Å²) >= 11 is 0. The fraction of sp³-hybridized carbons (Fsp3) is 1.00. The Labute approximate surface area is 345 Å². The first-order valence-corrected chi connectivity index (χ1v) is 21.5. The van der Waals surface area contributed by atoms with E-state index in [4.69, 9.17) is 76.2 Å². The average Bonchev–Trinajstić information content (AvgIpc) is 3.20. The van der Waals surface area contributed by atoms with Crippen molar-refractivity contribution in [1.82, 2.24) is 0 Å². The molecule has 0 aliphatic rings. The van der Waals surface area contributed by atoms with Gasteiger partial charge < -0.3 is 76.2 Å². The molecule has 1 N–H and O–H groups in total. The van der Waals surface area contributed by atoms with Crippen molar-refractivity contribution in [1.29, 1.82) is 0 Å². The second kappa shape index (κ2) is 51.5. The van der Waals surface area contributed by atoms with Crippen molar-refractivity contribution in [2.75, 3.05) is 198 Å². The van der Waals surface area contributed by atoms with Crippen LogP contribution in [0.15, 0.2) is 0 Å². The van der Waals surface area contributed by atoms with Gasteiger partial charge in [-0.1, -0.05) is 13.8 Å². The van der Waals surface area contributed by atoms with E-state index in [-0.39, 0.29) is 6.61 Å². The largest absolute Gasteiger partial charge is 0.394 e. The zero-order valence-electron chi connectivity index (χ0n) is 36.2. The van der Waals surface area contributed by atoms with Crippen molar-refractivity contribution in [3.63, 3.8) is 0 Å². The van der Waals surface area contributed by atoms with Crippen LogP contribution in [-0.4, -0.2) is 209 Å². The molecule has 0 bridgehead atoms. The summed E-state index contributed by atoms with van der Waals surface area (Å²) < 4.78 is 82.8. The van der Waals surface area contributed by atoms with Crippen LogP contribution in [0.2, 0.25) is 0 Å². The highest BCUT2D eigenvalue weighted by Gasteiger charge is 2.04. The molecule has 0 rings (SSSR count). The summed E-state index contributed by atoms with van der Waals surface area (Å²) in [5, 5.41) is 8.60. The molecule has 344 valence electrons. The molecule has 0 fully saturated rings. The van der Waals surface area contributed by atoms with Crippen molar-refractivity contribution in [3.05, 3.63) is 0 Å². The first-order chi connectivity index (χ1) is 28.2. The monoisotopic (exact) mass is 833 g/mol. The predicted molar refractivity (Wildman–Crippen MR) is 217 cm³/mol. The van der Waals surface area contributed by atoms with Gasteiger partial charge in [-0.3, -0.25) is 0 Å². The smallest absolute Gasteiger partial charge is 0.0701 e. The SMILES string of the molecule is CC(C)CC(C)OCCCOCCCOCCCOCCCOCCCOCCOCCOCCOCCOCCOCCOCCOCCOCCOCCO. The first kappa shape index (κ1) is 56.4. The molecule has 0 amide bonds. The van der Waals surface area contributed by atoms with Gasteiger partial charge in [-0.25, -0.2) is 0 Å². The summed E-state index contributed by atoms with van der Waals surface area (Å²) in [6.07, 6.45) is 5.91. The Balaban J connectivity index is 3.07. The van der Waals surface area contributed by atoms with E-state index in [2.05, 4.69) is 20.8 Å². The third kappa shape index (κ3) is 53.3. The molecule has 0 radical (unpaired) electrons. The fourth-order valence-corrected chi connectivity index (χ4v) is 4.78. The zero-order valence-corrected chi connectivity index (χ0v) is 36.2. The van der Waals surface area contributed by atoms with Crippen LogP contribution in [-0.2, 0) is 71.1 Å². The van der Waals surface area contributed by atoms with Gasteiger partial charge >= 0.3 is 0 Å². The predicted octanol–water partition coefficient (Wildman–Crippen LogP) is 3.61. The highest BCUT2D eigenvalue weighted by Crippen LogP contribution is 2.07. The van der Waals surface area contributed by atoms with Crippen LogP contribution in [0.25, 0.3) is 0 Å². The van der Waals surface area contributed by atoms with Crippen LogP contribution in [0.1, 0.15) is 59.3 Å². The van der Waals surface area contributed by atoms with Crippen LogP contribution in [0, 0.1) is 5.92 Å². The lowest BCUT2D eigenvalue weighted by atomic mass is 10.1. The Kier molecular flexibility index (Phi) is 50.9. The van der Waals surface area contributed by atoms with Gasteiger partial charge in [-0.05, 0) is 51.4 Å². The van der Waals surface area contributed by atoms with Crippen LogP contribution in [0.4, 0.5) is 0 Å². The number of rotatable bonds is 52. The Morgan fingerprint density at radius 3 is 0.684 bits per heavy atom. The van der Waals surface area contributed by atoms with Gasteiger partial charge in [0.2, 0.25) is 0 Å². The summed E-state index contributed by atoms with van der Waals surface area (Å²) in [6.45, 7) is 23.2. The van der Waals surface area contributed by atoms with Gasteiger partial charge in [0.1, 0.15) is 0 Å². The summed E-state index contributed by atoms with van der Waals surface area (Å²) in [4.78, 5) is 0. The van der Waals surface area contributed by atoms with E-state index in [9.17, 15) is 0 Å². The summed E-state index contributed by atoms with van der Waals surface area (Å²) in [5.74, 6) is 0.671. The first-order valence-electron chi connectivity index (χ1n) is 21.5. The average molecular weight is 833 g/mol. The van der Waals surface area contributed by atoms with Gasteiger partial charge in [-0.15, -0.1) is 0 Å². The molecule has 0 aliphatic carbocycles. The van der Waals surface area contributed by atoms with Crippen molar-refractivity contribution >= 4 is 0 Å². The second-order valence-electron chi connectivity index (χ2n) is 13.4. The van der Waals surface area contributed by atoms with E-state index >= 15 is 0 Å². The van der Waals surface area contributed by atoms with Crippen molar-refractivity contribution in [3.8, 4) is 0 Å². The summed E-state index contributed by atoms with van der Waals surface area (Å²) in [7, 11) is 0. The molecule has 0 aromatic carbocycles. The fourth-order valence-electron chi connectivity index (χ4n) is 4.78. The minimum absolute atomic E-state index is 0.0242. The molecule has 1 atom stereocenters. The second-order valence-corrected chi connectivity index (χ2v) is 13.4. The lowest BCUT2D eigenvalue weighted by molar-refractivity contribution is -0.0270. The van der Waals surface area contributed by atoms with Crippen molar-refractivity contribution < 1.29 is 76.2 Å². The standard InChI is InChI=1S/C41H84O16/c1-40(2)39-41(3)57-19-8-18-46-15-6-14-44-11-4-10-43-12-5-13-45-16-7-17-47-21-23-49-25-27-51-29-31-53-33-35-55-37-38-56-36-34-54-32-30-52-28-26-50-24-22-48-20-9-42/h40-42H,4-39H2,1-3H3. The Morgan fingerprint density at radius 2 is 0.456 bits per heavy atom. The topological polar surface area (TPSA) is 159 Å². The van der Waals surface area contributed by atoms with Gasteiger partial charge in [0.15, 0.2) is 0 Å². The summed E-state index contributed by atoms with van der Waals surface area (Å²) in [6, 6.07) is 0. The van der Waals surface area contributed by atoms with Crippen LogP contribution in [0.3, 0.4) is 0 Å². The normalized spacial score (nSPS) is 12.4. The quantitative estimate of drug-likeness (QED) is 0.0886. The lowest BCUT2D eigenvalue weighted by Gasteiger charge is -2.15. The molecule has 0 spiro atoms. The minimum atomic E-state index is 0.0242. The number of hydrogen-bond donors (Lipinski definition) is 1. The van der Waals surface area contributed by atoms with E-state index in [1.807, 2.05) is 0 Å². The van der Waals surface area contributed by atoms with E-state index in [0.717, 1.165) is 65.0 Å². The molecular formula is C41H84O16. The van der Waals surface area contributed by atoms with Gasteiger partial charge in [0.25, 0.3) is 0 Å². The number of aliphatic hydroxyl groups excluding tert-OH is 1. The molecule has 0 heterocycles. The molecule has 16 nitrogen and oxygen atoms in total. The molecular weight excluding hydrogens is 748 g/mol. The minimum Gasteiger partial charge on any atom is -0.394 e. The molecule has 0 aromatic heterocycles. The number of ether oxygens (including phenoxy) is 15. The molecule has 0 aliphatic heterocycles. The number of aliphatic hydroxyl groups is 1. The summed E-state index contributed by atoms with van der Waals surface area (Å²) in [5.41, 5.74) is 0. The van der Waals surface area contributed by atoms with Crippen LogP contribution >= 0.6 is 0 Å². The van der Waals surface area contributed by atoms with Crippen molar-refractivity contribution in [2.24, 2.45) is 5.92 Å². The van der Waals surface area contributed by atoms with Crippen LogP contribution < -0.4 is 0 Å². The van der Waals surface area contributed by atoms with Crippen LogP contribution in [0.5, 0.6) is 0 Å². The Hall–Kier alpha value is -0.640. The molecule has 16 heteroatoms. The third-order valence-electron chi connectivity index (χ3n) is 7.53. The van der Waals surface area contributed by atoms with Crippen molar-refractivity contribution in [2.45, 2.75) is 65.4 Å². The lowest BCUT2D eigenvalue weighted by Crippen LogP contribution is -2.15. The molecule has 1 unspecified atom stereocenters. The highest BCUT2D eigenvalue weighted by atomic mass is 16.6. The third-order valence-corrected chi connectivity index (χ3v) is 7.53. The maximum Gasteiger partial charge on any atom is 0.0701 e. The van der Waals surface area contributed by atoms with E-state index < -0.39 is 0 Å².